The Kier molecular flexibility index (Phi) is 8.81. The Morgan fingerprint density at radius 2 is 1.52 bits per heavy atom. The molecule has 210 valence electrons. The highest BCUT2D eigenvalue weighted by molar-refractivity contribution is 7.98. The Balaban J connectivity index is 1.22. The minimum Gasteiger partial charge on any atom is -0.367 e. The molecule has 2 aliphatic rings. The van der Waals surface area contributed by atoms with E-state index in [1.165, 1.54) is 0 Å². The van der Waals surface area contributed by atoms with Gasteiger partial charge in [-0.05, 0) is 43.7 Å². The van der Waals surface area contributed by atoms with E-state index in [0.29, 0.717) is 37.5 Å². The standard InChI is InChI=1S/C30H35ClN6O2S/c1-21-22(2)32-30(33-28(21)36-15-13-35(14-16-36)27-10-5-4-9-26(27)31)40-20-24-7-6-8-25(19-24)29(39)37-17-11-34(12-18-37)23(3)38/h4-10,19H,11-18,20H2,1-3H3. The van der Waals surface area contributed by atoms with Gasteiger partial charge in [0.1, 0.15) is 5.82 Å². The van der Waals surface area contributed by atoms with Crippen LogP contribution in [0.1, 0.15) is 34.1 Å². The number of halogens is 1. The van der Waals surface area contributed by atoms with Crippen LogP contribution in [0.15, 0.2) is 53.7 Å². The average molecular weight is 579 g/mol. The van der Waals surface area contributed by atoms with Crippen molar-refractivity contribution in [2.75, 3.05) is 62.2 Å². The molecule has 0 unspecified atom stereocenters. The van der Waals surface area contributed by atoms with E-state index in [2.05, 4.69) is 22.8 Å². The topological polar surface area (TPSA) is 72.9 Å². The lowest BCUT2D eigenvalue weighted by molar-refractivity contribution is -0.130. The van der Waals surface area contributed by atoms with Crippen molar-refractivity contribution in [1.82, 2.24) is 19.8 Å². The Bertz CT molecular complexity index is 1390. The van der Waals surface area contributed by atoms with Crippen molar-refractivity contribution in [1.29, 1.82) is 0 Å². The molecular weight excluding hydrogens is 544 g/mol. The summed E-state index contributed by atoms with van der Waals surface area (Å²) in [6, 6.07) is 15.8. The number of benzene rings is 2. The summed E-state index contributed by atoms with van der Waals surface area (Å²) in [6.45, 7) is 11.4. The van der Waals surface area contributed by atoms with Crippen molar-refractivity contribution in [3.05, 3.63) is 75.9 Å². The predicted molar refractivity (Wildman–Crippen MR) is 162 cm³/mol. The second-order valence-corrected chi connectivity index (χ2v) is 11.6. The van der Waals surface area contributed by atoms with Gasteiger partial charge in [-0.2, -0.15) is 0 Å². The monoisotopic (exact) mass is 578 g/mol. The van der Waals surface area contributed by atoms with Crippen molar-refractivity contribution >= 4 is 46.7 Å². The van der Waals surface area contributed by atoms with Crippen LogP contribution in [-0.4, -0.2) is 83.9 Å². The molecule has 2 fully saturated rings. The van der Waals surface area contributed by atoms with Gasteiger partial charge in [-0.1, -0.05) is 47.6 Å². The molecular formula is C30H35ClN6O2S. The zero-order valence-electron chi connectivity index (χ0n) is 23.3. The van der Waals surface area contributed by atoms with Crippen molar-refractivity contribution in [2.24, 2.45) is 0 Å². The van der Waals surface area contributed by atoms with Gasteiger partial charge >= 0.3 is 0 Å². The average Bonchev–Trinajstić information content (AvgIpc) is 2.98. The van der Waals surface area contributed by atoms with Gasteiger partial charge in [0.25, 0.3) is 5.91 Å². The summed E-state index contributed by atoms with van der Waals surface area (Å²) >= 11 is 8.02. The van der Waals surface area contributed by atoms with Gasteiger partial charge in [-0.15, -0.1) is 0 Å². The molecule has 0 bridgehead atoms. The second-order valence-electron chi connectivity index (χ2n) is 10.3. The molecule has 1 aromatic heterocycles. The number of amides is 2. The fourth-order valence-corrected chi connectivity index (χ4v) is 6.26. The van der Waals surface area contributed by atoms with Crippen molar-refractivity contribution in [3.63, 3.8) is 0 Å². The van der Waals surface area contributed by atoms with Crippen LogP contribution >= 0.6 is 23.4 Å². The molecule has 3 aromatic rings. The van der Waals surface area contributed by atoms with E-state index in [1.54, 1.807) is 23.6 Å². The smallest absolute Gasteiger partial charge is 0.253 e. The van der Waals surface area contributed by atoms with E-state index in [0.717, 1.165) is 64.7 Å². The summed E-state index contributed by atoms with van der Waals surface area (Å²) in [5.41, 5.74) is 4.89. The lowest BCUT2D eigenvalue weighted by Crippen LogP contribution is -2.50. The number of aromatic nitrogens is 2. The zero-order chi connectivity index (χ0) is 28.2. The number of para-hydroxylation sites is 1. The van der Waals surface area contributed by atoms with Crippen LogP contribution in [-0.2, 0) is 10.5 Å². The van der Waals surface area contributed by atoms with Crippen LogP contribution in [0.2, 0.25) is 5.02 Å². The van der Waals surface area contributed by atoms with Crippen LogP contribution < -0.4 is 9.80 Å². The van der Waals surface area contributed by atoms with Gasteiger partial charge in [0.05, 0.1) is 10.7 Å². The summed E-state index contributed by atoms with van der Waals surface area (Å²) in [5, 5.41) is 1.52. The Hall–Kier alpha value is -3.30. The molecule has 2 aromatic carbocycles. The maximum absolute atomic E-state index is 13.1. The molecule has 0 saturated carbocycles. The molecule has 0 N–H and O–H groups in total. The fourth-order valence-electron chi connectivity index (χ4n) is 5.18. The molecule has 40 heavy (non-hydrogen) atoms. The summed E-state index contributed by atoms with van der Waals surface area (Å²) in [5.74, 6) is 1.72. The molecule has 3 heterocycles. The number of hydrogen-bond acceptors (Lipinski definition) is 7. The van der Waals surface area contributed by atoms with E-state index in [4.69, 9.17) is 21.6 Å². The third kappa shape index (κ3) is 6.36. The second kappa shape index (κ2) is 12.5. The minimum atomic E-state index is 0.00991. The van der Waals surface area contributed by atoms with Gasteiger partial charge in [0, 0.05) is 81.9 Å². The Labute approximate surface area is 245 Å². The van der Waals surface area contributed by atoms with Crippen LogP contribution in [0.3, 0.4) is 0 Å². The van der Waals surface area contributed by atoms with E-state index in [1.807, 2.05) is 54.3 Å². The van der Waals surface area contributed by atoms with Gasteiger partial charge in [0.15, 0.2) is 5.16 Å². The van der Waals surface area contributed by atoms with Crippen molar-refractivity contribution in [3.8, 4) is 0 Å². The SMILES string of the molecule is CC(=O)N1CCN(C(=O)c2cccc(CSc3nc(C)c(C)c(N4CCN(c5ccccc5Cl)CC4)n3)c2)CC1. The molecule has 2 aliphatic heterocycles. The first-order valence-corrected chi connectivity index (χ1v) is 15.0. The summed E-state index contributed by atoms with van der Waals surface area (Å²) in [7, 11) is 0. The third-order valence-electron chi connectivity index (χ3n) is 7.67. The Morgan fingerprint density at radius 3 is 2.23 bits per heavy atom. The van der Waals surface area contributed by atoms with E-state index in [-0.39, 0.29) is 11.8 Å². The number of anilines is 2. The highest BCUT2D eigenvalue weighted by atomic mass is 35.5. The van der Waals surface area contributed by atoms with Gasteiger partial charge in [-0.3, -0.25) is 9.59 Å². The molecule has 2 saturated heterocycles. The number of carbonyl (C=O) groups excluding carboxylic acids is 2. The highest BCUT2D eigenvalue weighted by Crippen LogP contribution is 2.30. The first-order valence-electron chi connectivity index (χ1n) is 13.7. The molecule has 0 aliphatic carbocycles. The van der Waals surface area contributed by atoms with Gasteiger partial charge in [-0.25, -0.2) is 9.97 Å². The Morgan fingerprint density at radius 1 is 0.850 bits per heavy atom. The van der Waals surface area contributed by atoms with E-state index < -0.39 is 0 Å². The van der Waals surface area contributed by atoms with E-state index in [9.17, 15) is 9.59 Å². The maximum Gasteiger partial charge on any atom is 0.253 e. The number of thioether (sulfide) groups is 1. The van der Waals surface area contributed by atoms with Crippen molar-refractivity contribution < 1.29 is 9.59 Å². The maximum atomic E-state index is 13.1. The van der Waals surface area contributed by atoms with Gasteiger partial charge in [0.2, 0.25) is 5.91 Å². The largest absolute Gasteiger partial charge is 0.367 e. The molecule has 10 heteroatoms. The summed E-state index contributed by atoms with van der Waals surface area (Å²) < 4.78 is 0. The minimum absolute atomic E-state index is 0.00991. The molecule has 0 radical (unpaired) electrons. The van der Waals surface area contributed by atoms with Crippen LogP contribution in [0, 0.1) is 13.8 Å². The summed E-state index contributed by atoms with van der Waals surface area (Å²) in [4.78, 5) is 42.7. The summed E-state index contributed by atoms with van der Waals surface area (Å²) in [6.07, 6.45) is 0. The fraction of sp³-hybridized carbons (Fsp3) is 0.400. The van der Waals surface area contributed by atoms with Gasteiger partial charge < -0.3 is 19.6 Å². The lowest BCUT2D eigenvalue weighted by Gasteiger charge is -2.37. The predicted octanol–water partition coefficient (Wildman–Crippen LogP) is 4.67. The molecule has 5 rings (SSSR count). The van der Waals surface area contributed by atoms with Crippen LogP contribution in [0.5, 0.6) is 0 Å². The number of nitrogens with zero attached hydrogens (tertiary/aromatic N) is 6. The molecule has 0 atom stereocenters. The molecule has 2 amide bonds. The first kappa shape index (κ1) is 28.2. The highest BCUT2D eigenvalue weighted by Gasteiger charge is 2.24. The zero-order valence-corrected chi connectivity index (χ0v) is 24.8. The quantitative estimate of drug-likeness (QED) is 0.311. The first-order chi connectivity index (χ1) is 19.3. The number of piperazine rings is 2. The normalized spacial score (nSPS) is 15.9. The van der Waals surface area contributed by atoms with Crippen LogP contribution in [0.4, 0.5) is 11.5 Å². The number of carbonyl (C=O) groups is 2. The molecule has 0 spiro atoms. The lowest BCUT2D eigenvalue weighted by atomic mass is 10.1. The number of rotatable bonds is 6. The number of aryl methyl sites for hydroxylation is 1. The number of hydrogen-bond donors (Lipinski definition) is 0. The van der Waals surface area contributed by atoms with E-state index >= 15 is 0 Å². The van der Waals surface area contributed by atoms with Crippen molar-refractivity contribution in [2.45, 2.75) is 31.7 Å². The molecule has 8 nitrogen and oxygen atoms in total. The third-order valence-corrected chi connectivity index (χ3v) is 8.91. The van der Waals surface area contributed by atoms with Crippen LogP contribution in [0.25, 0.3) is 0 Å².